The Balaban J connectivity index is 1.45. The van der Waals surface area contributed by atoms with Crippen molar-refractivity contribution in [1.29, 1.82) is 0 Å². The van der Waals surface area contributed by atoms with Crippen LogP contribution >= 0.6 is 0 Å². The molecule has 3 rings (SSSR count). The van der Waals surface area contributed by atoms with Crippen LogP contribution in [0.1, 0.15) is 31.2 Å². The summed E-state index contributed by atoms with van der Waals surface area (Å²) in [6.07, 6.45) is 5.78. The quantitative estimate of drug-likeness (QED) is 0.794. The second-order valence-electron chi connectivity index (χ2n) is 5.60. The zero-order valence-electron chi connectivity index (χ0n) is 10.2. The Hall–Kier alpha value is -0.890. The molecule has 1 aromatic rings. The number of nitrogens with one attached hydrogen (secondary N) is 1. The van der Waals surface area contributed by atoms with Gasteiger partial charge in [-0.3, -0.25) is 0 Å². The molecule has 17 heavy (non-hydrogen) atoms. The van der Waals surface area contributed by atoms with Gasteiger partial charge in [0.2, 0.25) is 0 Å². The van der Waals surface area contributed by atoms with E-state index < -0.39 is 0 Å². The standard InChI is InChI=1S/C15H20FN/c16-14-7-1-11(2-8-14)9-17-10-15(12-3-4-12)13-5-6-13/h1-2,7-8,12-13,15,17H,3-6,9-10H2. The van der Waals surface area contributed by atoms with Crippen LogP contribution in [0.2, 0.25) is 0 Å². The molecule has 0 saturated heterocycles. The van der Waals surface area contributed by atoms with E-state index in [0.29, 0.717) is 0 Å². The molecule has 0 heterocycles. The summed E-state index contributed by atoms with van der Waals surface area (Å²) >= 11 is 0. The monoisotopic (exact) mass is 233 g/mol. The third-order valence-corrected chi connectivity index (χ3v) is 4.08. The maximum Gasteiger partial charge on any atom is 0.123 e. The largest absolute Gasteiger partial charge is 0.312 e. The first-order valence-corrected chi connectivity index (χ1v) is 6.78. The van der Waals surface area contributed by atoms with Crippen LogP contribution in [0.15, 0.2) is 24.3 Å². The molecule has 1 N–H and O–H groups in total. The fraction of sp³-hybridized carbons (Fsp3) is 0.600. The van der Waals surface area contributed by atoms with Gasteiger partial charge in [-0.15, -0.1) is 0 Å². The van der Waals surface area contributed by atoms with Gasteiger partial charge in [0.15, 0.2) is 0 Å². The molecule has 2 fully saturated rings. The van der Waals surface area contributed by atoms with Crippen molar-refractivity contribution in [2.24, 2.45) is 17.8 Å². The first kappa shape index (κ1) is 11.2. The van der Waals surface area contributed by atoms with Gasteiger partial charge in [0.1, 0.15) is 5.82 Å². The first-order chi connectivity index (χ1) is 8.33. The fourth-order valence-electron chi connectivity index (χ4n) is 2.75. The molecule has 2 aliphatic carbocycles. The van der Waals surface area contributed by atoms with Crippen LogP contribution in [0, 0.1) is 23.6 Å². The summed E-state index contributed by atoms with van der Waals surface area (Å²) in [4.78, 5) is 0. The molecule has 2 saturated carbocycles. The van der Waals surface area contributed by atoms with Crippen molar-refractivity contribution in [3.8, 4) is 0 Å². The van der Waals surface area contributed by atoms with E-state index in [1.54, 1.807) is 0 Å². The molecule has 0 spiro atoms. The molecule has 1 nitrogen and oxygen atoms in total. The van der Waals surface area contributed by atoms with Gasteiger partial charge in [-0.25, -0.2) is 4.39 Å². The average molecular weight is 233 g/mol. The van der Waals surface area contributed by atoms with E-state index in [9.17, 15) is 4.39 Å². The third kappa shape index (κ3) is 3.06. The van der Waals surface area contributed by atoms with Gasteiger partial charge in [-0.05, 0) is 67.7 Å². The van der Waals surface area contributed by atoms with Crippen molar-refractivity contribution in [3.63, 3.8) is 0 Å². The van der Waals surface area contributed by atoms with E-state index in [4.69, 9.17) is 0 Å². The Morgan fingerprint density at radius 1 is 1.06 bits per heavy atom. The van der Waals surface area contributed by atoms with Gasteiger partial charge in [0, 0.05) is 6.54 Å². The lowest BCUT2D eigenvalue weighted by Crippen LogP contribution is -2.25. The van der Waals surface area contributed by atoms with E-state index in [0.717, 1.165) is 30.8 Å². The van der Waals surface area contributed by atoms with Crippen LogP contribution in [0.25, 0.3) is 0 Å². The minimum atomic E-state index is -0.150. The number of hydrogen-bond acceptors (Lipinski definition) is 1. The highest BCUT2D eigenvalue weighted by Gasteiger charge is 2.40. The maximum absolute atomic E-state index is 12.7. The van der Waals surface area contributed by atoms with Crippen molar-refractivity contribution >= 4 is 0 Å². The molecule has 0 amide bonds. The molecule has 0 unspecified atom stereocenters. The Labute approximate surface area is 102 Å². The van der Waals surface area contributed by atoms with Crippen LogP contribution in [-0.4, -0.2) is 6.54 Å². The number of benzene rings is 1. The van der Waals surface area contributed by atoms with Gasteiger partial charge < -0.3 is 5.32 Å². The van der Waals surface area contributed by atoms with Crippen molar-refractivity contribution in [2.45, 2.75) is 32.2 Å². The molecule has 2 heteroatoms. The van der Waals surface area contributed by atoms with Crippen LogP contribution in [-0.2, 0) is 6.54 Å². The predicted molar refractivity (Wildman–Crippen MR) is 67.0 cm³/mol. The van der Waals surface area contributed by atoms with Crippen molar-refractivity contribution < 1.29 is 4.39 Å². The molecule has 92 valence electrons. The lowest BCUT2D eigenvalue weighted by atomic mass is 9.98. The summed E-state index contributed by atoms with van der Waals surface area (Å²) in [6, 6.07) is 6.81. The molecular formula is C15H20FN. The van der Waals surface area contributed by atoms with E-state index in [-0.39, 0.29) is 5.82 Å². The number of rotatable bonds is 6. The first-order valence-electron chi connectivity index (χ1n) is 6.78. The molecule has 2 aliphatic rings. The topological polar surface area (TPSA) is 12.0 Å². The summed E-state index contributed by atoms with van der Waals surface area (Å²) < 4.78 is 12.7. The molecular weight excluding hydrogens is 213 g/mol. The van der Waals surface area contributed by atoms with Gasteiger partial charge in [0.25, 0.3) is 0 Å². The van der Waals surface area contributed by atoms with E-state index in [1.165, 1.54) is 43.4 Å². The van der Waals surface area contributed by atoms with Crippen LogP contribution in [0.5, 0.6) is 0 Å². The summed E-state index contributed by atoms with van der Waals surface area (Å²) in [5, 5.41) is 3.54. The average Bonchev–Trinajstić information content (AvgIpc) is 3.19. The van der Waals surface area contributed by atoms with Crippen LogP contribution in [0.4, 0.5) is 4.39 Å². The van der Waals surface area contributed by atoms with Gasteiger partial charge in [0.05, 0.1) is 0 Å². The Kier molecular flexibility index (Phi) is 3.15. The Bertz CT molecular complexity index is 353. The molecule has 0 atom stereocenters. The summed E-state index contributed by atoms with van der Waals surface area (Å²) in [6.45, 7) is 2.02. The highest BCUT2D eigenvalue weighted by atomic mass is 19.1. The van der Waals surface area contributed by atoms with Gasteiger partial charge in [-0.2, -0.15) is 0 Å². The summed E-state index contributed by atoms with van der Waals surface area (Å²) in [5.74, 6) is 2.77. The van der Waals surface area contributed by atoms with Crippen molar-refractivity contribution in [1.82, 2.24) is 5.32 Å². The molecule has 0 radical (unpaired) electrons. The Morgan fingerprint density at radius 2 is 1.65 bits per heavy atom. The second-order valence-corrected chi connectivity index (χ2v) is 5.60. The van der Waals surface area contributed by atoms with Crippen LogP contribution in [0.3, 0.4) is 0 Å². The molecule has 0 aromatic heterocycles. The molecule has 0 bridgehead atoms. The highest BCUT2D eigenvalue weighted by molar-refractivity contribution is 5.15. The second kappa shape index (κ2) is 4.77. The smallest absolute Gasteiger partial charge is 0.123 e. The van der Waals surface area contributed by atoms with Crippen LogP contribution < -0.4 is 5.32 Å². The fourth-order valence-corrected chi connectivity index (χ4v) is 2.75. The zero-order valence-corrected chi connectivity index (χ0v) is 10.2. The van der Waals surface area contributed by atoms with Gasteiger partial charge >= 0.3 is 0 Å². The lowest BCUT2D eigenvalue weighted by Gasteiger charge is -2.16. The molecule has 0 aliphatic heterocycles. The van der Waals surface area contributed by atoms with E-state index in [1.807, 2.05) is 12.1 Å². The maximum atomic E-state index is 12.7. The predicted octanol–water partition coefficient (Wildman–Crippen LogP) is 3.35. The van der Waals surface area contributed by atoms with Gasteiger partial charge in [-0.1, -0.05) is 12.1 Å². The minimum absolute atomic E-state index is 0.150. The van der Waals surface area contributed by atoms with E-state index in [2.05, 4.69) is 5.32 Å². The number of hydrogen-bond donors (Lipinski definition) is 1. The SMILES string of the molecule is Fc1ccc(CNCC(C2CC2)C2CC2)cc1. The Morgan fingerprint density at radius 3 is 2.18 bits per heavy atom. The summed E-state index contributed by atoms with van der Waals surface area (Å²) in [5.41, 5.74) is 1.18. The van der Waals surface area contributed by atoms with E-state index >= 15 is 0 Å². The van der Waals surface area contributed by atoms with Crippen molar-refractivity contribution in [2.75, 3.05) is 6.54 Å². The minimum Gasteiger partial charge on any atom is -0.312 e. The third-order valence-electron chi connectivity index (χ3n) is 4.08. The normalized spacial score (nSPS) is 19.9. The van der Waals surface area contributed by atoms with Crippen molar-refractivity contribution in [3.05, 3.63) is 35.6 Å². The lowest BCUT2D eigenvalue weighted by molar-refractivity contribution is 0.378. The molecule has 1 aromatic carbocycles. The zero-order chi connectivity index (χ0) is 11.7. The number of halogens is 1. The highest BCUT2D eigenvalue weighted by Crippen LogP contribution is 2.48. The summed E-state index contributed by atoms with van der Waals surface area (Å²) in [7, 11) is 0.